The van der Waals surface area contributed by atoms with E-state index in [-0.39, 0.29) is 12.1 Å². The van der Waals surface area contributed by atoms with Crippen LogP contribution in [0.25, 0.3) is 0 Å². The Labute approximate surface area is 105 Å². The standard InChI is InChI=1S/C13H26O4/c1-4-7-13(14)17-11-12(16-9-6-3)10-15-8-5-2/h12H,4-11H2,1-3H3. The van der Waals surface area contributed by atoms with E-state index in [1.54, 1.807) is 0 Å². The third-order valence-corrected chi connectivity index (χ3v) is 2.09. The van der Waals surface area contributed by atoms with Crippen molar-refractivity contribution in [2.45, 2.75) is 52.6 Å². The monoisotopic (exact) mass is 246 g/mol. The van der Waals surface area contributed by atoms with Crippen molar-refractivity contribution in [1.29, 1.82) is 0 Å². The van der Waals surface area contributed by atoms with E-state index in [2.05, 4.69) is 6.92 Å². The van der Waals surface area contributed by atoms with E-state index in [0.717, 1.165) is 25.9 Å². The molecule has 0 saturated carbocycles. The van der Waals surface area contributed by atoms with Gasteiger partial charge in [-0.2, -0.15) is 0 Å². The maximum absolute atomic E-state index is 11.2. The first-order valence-corrected chi connectivity index (χ1v) is 6.59. The maximum Gasteiger partial charge on any atom is 0.305 e. The maximum atomic E-state index is 11.2. The van der Waals surface area contributed by atoms with Crippen LogP contribution >= 0.6 is 0 Å². The van der Waals surface area contributed by atoms with Crippen LogP contribution in [0, 0.1) is 0 Å². The first-order valence-electron chi connectivity index (χ1n) is 6.59. The molecule has 0 rings (SSSR count). The van der Waals surface area contributed by atoms with E-state index in [1.165, 1.54) is 0 Å². The highest BCUT2D eigenvalue weighted by molar-refractivity contribution is 5.69. The lowest BCUT2D eigenvalue weighted by Crippen LogP contribution is -2.27. The summed E-state index contributed by atoms with van der Waals surface area (Å²) in [5.41, 5.74) is 0. The summed E-state index contributed by atoms with van der Waals surface area (Å²) in [7, 11) is 0. The van der Waals surface area contributed by atoms with Crippen LogP contribution in [0.4, 0.5) is 0 Å². The SMILES string of the molecule is CCCOCC(COC(=O)CCC)OCCC. The van der Waals surface area contributed by atoms with Gasteiger partial charge < -0.3 is 14.2 Å². The zero-order valence-electron chi connectivity index (χ0n) is 11.4. The van der Waals surface area contributed by atoms with Crippen LogP contribution < -0.4 is 0 Å². The lowest BCUT2D eigenvalue weighted by atomic mass is 10.3. The van der Waals surface area contributed by atoms with Gasteiger partial charge in [0.1, 0.15) is 12.7 Å². The summed E-state index contributed by atoms with van der Waals surface area (Å²) in [6, 6.07) is 0. The van der Waals surface area contributed by atoms with Crippen molar-refractivity contribution in [2.24, 2.45) is 0 Å². The highest BCUT2D eigenvalue weighted by Gasteiger charge is 2.12. The van der Waals surface area contributed by atoms with E-state index < -0.39 is 0 Å². The van der Waals surface area contributed by atoms with Crippen molar-refractivity contribution in [3.05, 3.63) is 0 Å². The topological polar surface area (TPSA) is 44.8 Å². The lowest BCUT2D eigenvalue weighted by Gasteiger charge is -2.17. The second kappa shape index (κ2) is 11.9. The third-order valence-electron chi connectivity index (χ3n) is 2.09. The number of rotatable bonds is 11. The molecule has 0 heterocycles. The number of carbonyl (C=O) groups excluding carboxylic acids is 1. The van der Waals surface area contributed by atoms with Gasteiger partial charge in [0.2, 0.25) is 0 Å². The minimum absolute atomic E-state index is 0.137. The second-order valence-corrected chi connectivity index (χ2v) is 4.00. The van der Waals surface area contributed by atoms with Crippen molar-refractivity contribution in [1.82, 2.24) is 0 Å². The molecule has 102 valence electrons. The summed E-state index contributed by atoms with van der Waals surface area (Å²) in [5, 5.41) is 0. The van der Waals surface area contributed by atoms with Crippen LogP contribution in [0.1, 0.15) is 46.5 Å². The van der Waals surface area contributed by atoms with Crippen LogP contribution in [0.3, 0.4) is 0 Å². The van der Waals surface area contributed by atoms with E-state index in [9.17, 15) is 4.79 Å². The third kappa shape index (κ3) is 10.3. The van der Waals surface area contributed by atoms with Crippen LogP contribution in [-0.2, 0) is 19.0 Å². The summed E-state index contributed by atoms with van der Waals surface area (Å²) in [4.78, 5) is 11.2. The predicted octanol–water partition coefficient (Wildman–Crippen LogP) is 2.55. The van der Waals surface area contributed by atoms with Crippen LogP contribution in [0.2, 0.25) is 0 Å². The first-order chi connectivity index (χ1) is 8.24. The molecule has 0 saturated heterocycles. The van der Waals surface area contributed by atoms with E-state index >= 15 is 0 Å². The minimum atomic E-state index is -0.159. The van der Waals surface area contributed by atoms with Gasteiger partial charge in [0, 0.05) is 19.6 Å². The number of hydrogen-bond donors (Lipinski definition) is 0. The number of esters is 1. The minimum Gasteiger partial charge on any atom is -0.463 e. The van der Waals surface area contributed by atoms with Crippen molar-refractivity contribution < 1.29 is 19.0 Å². The number of ether oxygens (including phenoxy) is 3. The fourth-order valence-corrected chi connectivity index (χ4v) is 1.25. The van der Waals surface area contributed by atoms with Crippen molar-refractivity contribution >= 4 is 5.97 Å². The second-order valence-electron chi connectivity index (χ2n) is 4.00. The van der Waals surface area contributed by atoms with Gasteiger partial charge >= 0.3 is 5.97 Å². The molecule has 0 N–H and O–H groups in total. The molecule has 0 amide bonds. The molecule has 0 aromatic heterocycles. The van der Waals surface area contributed by atoms with Crippen molar-refractivity contribution in [3.63, 3.8) is 0 Å². The molecule has 0 bridgehead atoms. The van der Waals surface area contributed by atoms with Gasteiger partial charge in [0.15, 0.2) is 0 Å². The Bertz CT molecular complexity index is 182. The van der Waals surface area contributed by atoms with Gasteiger partial charge in [-0.25, -0.2) is 0 Å². The number of carbonyl (C=O) groups is 1. The summed E-state index contributed by atoms with van der Waals surface area (Å²) in [6.07, 6.45) is 3.08. The summed E-state index contributed by atoms with van der Waals surface area (Å²) in [6.45, 7) is 8.24. The molecule has 4 heteroatoms. The first kappa shape index (κ1) is 16.4. The smallest absolute Gasteiger partial charge is 0.305 e. The molecule has 0 aromatic rings. The quantitative estimate of drug-likeness (QED) is 0.415. The molecule has 0 aliphatic heterocycles. The molecule has 0 radical (unpaired) electrons. The Morgan fingerprint density at radius 1 is 1.00 bits per heavy atom. The average Bonchev–Trinajstić information content (AvgIpc) is 2.32. The molecule has 0 aliphatic carbocycles. The van der Waals surface area contributed by atoms with Gasteiger partial charge in [-0.3, -0.25) is 4.79 Å². The normalized spacial score (nSPS) is 12.4. The summed E-state index contributed by atoms with van der Waals surface area (Å²) in [5.74, 6) is -0.159. The molecule has 0 aromatic carbocycles. The average molecular weight is 246 g/mol. The molecular weight excluding hydrogens is 220 g/mol. The number of hydrogen-bond acceptors (Lipinski definition) is 4. The molecule has 0 spiro atoms. The lowest BCUT2D eigenvalue weighted by molar-refractivity contribution is -0.149. The largest absolute Gasteiger partial charge is 0.463 e. The van der Waals surface area contributed by atoms with Gasteiger partial charge in [-0.1, -0.05) is 20.8 Å². The van der Waals surface area contributed by atoms with Crippen LogP contribution in [-0.4, -0.2) is 38.5 Å². The Kier molecular flexibility index (Phi) is 11.4. The Balaban J connectivity index is 3.78. The Hall–Kier alpha value is -0.610. The molecule has 1 unspecified atom stereocenters. The van der Waals surface area contributed by atoms with E-state index in [4.69, 9.17) is 14.2 Å². The predicted molar refractivity (Wildman–Crippen MR) is 67.0 cm³/mol. The molecule has 4 nitrogen and oxygen atoms in total. The zero-order chi connectivity index (χ0) is 12.9. The Morgan fingerprint density at radius 3 is 2.29 bits per heavy atom. The van der Waals surface area contributed by atoms with Crippen molar-refractivity contribution in [3.8, 4) is 0 Å². The van der Waals surface area contributed by atoms with Crippen LogP contribution in [0.5, 0.6) is 0 Å². The van der Waals surface area contributed by atoms with Crippen LogP contribution in [0.15, 0.2) is 0 Å². The fraction of sp³-hybridized carbons (Fsp3) is 0.923. The van der Waals surface area contributed by atoms with Gasteiger partial charge in [0.05, 0.1) is 6.61 Å². The molecule has 17 heavy (non-hydrogen) atoms. The van der Waals surface area contributed by atoms with E-state index in [1.807, 2.05) is 13.8 Å². The van der Waals surface area contributed by atoms with Gasteiger partial charge in [-0.15, -0.1) is 0 Å². The fourth-order valence-electron chi connectivity index (χ4n) is 1.25. The van der Waals surface area contributed by atoms with Crippen molar-refractivity contribution in [2.75, 3.05) is 26.4 Å². The summed E-state index contributed by atoms with van der Waals surface area (Å²) >= 11 is 0. The Morgan fingerprint density at radius 2 is 1.71 bits per heavy atom. The summed E-state index contributed by atoms with van der Waals surface area (Å²) < 4.78 is 16.1. The highest BCUT2D eigenvalue weighted by Crippen LogP contribution is 2.00. The molecule has 0 fully saturated rings. The van der Waals surface area contributed by atoms with Gasteiger partial charge in [0.25, 0.3) is 0 Å². The zero-order valence-corrected chi connectivity index (χ0v) is 11.4. The van der Waals surface area contributed by atoms with Gasteiger partial charge in [-0.05, 0) is 19.3 Å². The van der Waals surface area contributed by atoms with E-state index in [0.29, 0.717) is 26.2 Å². The highest BCUT2D eigenvalue weighted by atomic mass is 16.6. The molecule has 1 atom stereocenters. The molecule has 0 aliphatic rings. The molecular formula is C13H26O4.